The van der Waals surface area contributed by atoms with Crippen LogP contribution in [0.25, 0.3) is 0 Å². The largest absolute Gasteiger partial charge is 0.227 e. The molecule has 4 heteroatoms. The molecule has 0 amide bonds. The molecule has 84 valence electrons. The van der Waals surface area contributed by atoms with Gasteiger partial charge in [0.05, 0.1) is 5.75 Å². The Morgan fingerprint density at radius 1 is 1.20 bits per heavy atom. The van der Waals surface area contributed by atoms with Gasteiger partial charge in [-0.3, -0.25) is 0 Å². The minimum atomic E-state index is -3.06. The maximum absolute atomic E-state index is 12.0. The lowest BCUT2D eigenvalue weighted by Gasteiger charge is -2.42. The Bertz CT molecular complexity index is 428. The first-order chi connectivity index (χ1) is 7.03. The molecule has 0 unspecified atom stereocenters. The molecule has 3 atom stereocenters. The van der Waals surface area contributed by atoms with Crippen molar-refractivity contribution in [2.75, 3.05) is 5.75 Å². The molecule has 1 heterocycles. The van der Waals surface area contributed by atoms with Gasteiger partial charge in [-0.25, -0.2) is 8.42 Å². The van der Waals surface area contributed by atoms with Crippen LogP contribution in [-0.2, 0) is 9.84 Å². The summed E-state index contributed by atoms with van der Waals surface area (Å²) in [6.07, 6.45) is 9.22. The number of hydrogen-bond acceptors (Lipinski definition) is 2. The van der Waals surface area contributed by atoms with Gasteiger partial charge in [0, 0.05) is 5.41 Å². The fourth-order valence-electron chi connectivity index (χ4n) is 4.01. The Morgan fingerprint density at radius 2 is 1.93 bits per heavy atom. The van der Waals surface area contributed by atoms with Crippen LogP contribution in [0.1, 0.15) is 32.1 Å². The summed E-state index contributed by atoms with van der Waals surface area (Å²) < 4.78 is 23.3. The smallest absolute Gasteiger partial charge is 0.168 e. The van der Waals surface area contributed by atoms with Crippen molar-refractivity contribution >= 4 is 21.4 Å². The molecule has 3 rings (SSSR count). The molecule has 0 radical (unpaired) electrons. The van der Waals surface area contributed by atoms with Gasteiger partial charge in [0.1, 0.15) is 4.71 Å². The SMILES string of the molecule is O=S1(=O)C[C@]23CC=CC[C@@]2(CCC3)[C@H]1Cl. The Kier molecular flexibility index (Phi) is 1.90. The third kappa shape index (κ3) is 1.04. The van der Waals surface area contributed by atoms with Gasteiger partial charge in [-0.05, 0) is 31.1 Å². The Hall–Kier alpha value is -0.0200. The van der Waals surface area contributed by atoms with Gasteiger partial charge in [-0.2, -0.15) is 0 Å². The van der Waals surface area contributed by atoms with Crippen LogP contribution in [0.2, 0.25) is 0 Å². The highest BCUT2D eigenvalue weighted by atomic mass is 35.5. The fraction of sp³-hybridized carbons (Fsp3) is 0.818. The van der Waals surface area contributed by atoms with E-state index >= 15 is 0 Å². The van der Waals surface area contributed by atoms with E-state index < -0.39 is 14.5 Å². The standard InChI is InChI=1S/C11H15ClO2S/c12-9-11-6-2-1-4-10(11,5-3-7-11)8-15(9,13)14/h1-2,9H,3-8H2/t9-,10+,11+/m0/s1. The van der Waals surface area contributed by atoms with Gasteiger partial charge >= 0.3 is 0 Å². The maximum Gasteiger partial charge on any atom is 0.168 e. The lowest BCUT2D eigenvalue weighted by molar-refractivity contribution is 0.122. The molecule has 1 saturated carbocycles. The Labute approximate surface area is 95.6 Å². The highest BCUT2D eigenvalue weighted by Crippen LogP contribution is 2.67. The average Bonchev–Trinajstić information content (AvgIpc) is 2.61. The number of halogens is 1. The van der Waals surface area contributed by atoms with Gasteiger partial charge in [0.2, 0.25) is 0 Å². The summed E-state index contributed by atoms with van der Waals surface area (Å²) in [6, 6.07) is 0. The molecular formula is C11H15ClO2S. The summed E-state index contributed by atoms with van der Waals surface area (Å²) >= 11 is 6.24. The Balaban J connectivity index is 2.19. The van der Waals surface area contributed by atoms with E-state index in [9.17, 15) is 8.42 Å². The van der Waals surface area contributed by atoms with Crippen LogP contribution in [0.5, 0.6) is 0 Å². The van der Waals surface area contributed by atoms with Crippen LogP contribution in [0.15, 0.2) is 12.2 Å². The summed E-state index contributed by atoms with van der Waals surface area (Å²) in [4.78, 5) is 0. The second-order valence-corrected chi connectivity index (χ2v) is 8.07. The lowest BCUT2D eigenvalue weighted by Crippen LogP contribution is -2.40. The number of alkyl halides is 1. The summed E-state index contributed by atoms with van der Waals surface area (Å²) in [6.45, 7) is 0. The van der Waals surface area contributed by atoms with Crippen molar-refractivity contribution in [1.29, 1.82) is 0 Å². The number of rotatable bonds is 0. The fourth-order valence-corrected chi connectivity index (χ4v) is 7.24. The van der Waals surface area contributed by atoms with Crippen LogP contribution < -0.4 is 0 Å². The molecule has 2 nitrogen and oxygen atoms in total. The maximum atomic E-state index is 12.0. The van der Waals surface area contributed by atoms with Crippen LogP contribution in [0.3, 0.4) is 0 Å². The normalized spacial score (nSPS) is 51.4. The molecule has 0 aromatic rings. The van der Waals surface area contributed by atoms with E-state index in [4.69, 9.17) is 11.6 Å². The molecule has 3 aliphatic rings. The average molecular weight is 247 g/mol. The van der Waals surface area contributed by atoms with Crippen LogP contribution in [0.4, 0.5) is 0 Å². The van der Waals surface area contributed by atoms with Gasteiger partial charge in [0.25, 0.3) is 0 Å². The molecule has 1 aliphatic heterocycles. The molecule has 2 aliphatic carbocycles. The molecule has 0 N–H and O–H groups in total. The number of allylic oxidation sites excluding steroid dienone is 2. The molecule has 15 heavy (non-hydrogen) atoms. The first-order valence-corrected chi connectivity index (χ1v) is 7.68. The van der Waals surface area contributed by atoms with E-state index in [-0.39, 0.29) is 10.8 Å². The molecule has 0 bridgehead atoms. The quantitative estimate of drug-likeness (QED) is 0.486. The predicted molar refractivity (Wildman–Crippen MR) is 60.5 cm³/mol. The summed E-state index contributed by atoms with van der Waals surface area (Å²) in [5, 5.41) is 0. The van der Waals surface area contributed by atoms with Crippen molar-refractivity contribution in [2.24, 2.45) is 10.8 Å². The number of hydrogen-bond donors (Lipinski definition) is 0. The van der Waals surface area contributed by atoms with Crippen molar-refractivity contribution in [3.63, 3.8) is 0 Å². The minimum Gasteiger partial charge on any atom is -0.227 e. The zero-order valence-electron chi connectivity index (χ0n) is 8.58. The van der Waals surface area contributed by atoms with E-state index in [0.717, 1.165) is 32.1 Å². The molecule has 1 saturated heterocycles. The third-order valence-corrected chi connectivity index (χ3v) is 7.99. The van der Waals surface area contributed by atoms with E-state index in [2.05, 4.69) is 12.2 Å². The zero-order valence-corrected chi connectivity index (χ0v) is 10.1. The minimum absolute atomic E-state index is 0.0208. The summed E-state index contributed by atoms with van der Waals surface area (Å²) in [5.74, 6) is 0.318. The van der Waals surface area contributed by atoms with E-state index in [1.165, 1.54) is 0 Å². The highest BCUT2D eigenvalue weighted by molar-refractivity contribution is 7.93. The monoisotopic (exact) mass is 246 g/mol. The van der Waals surface area contributed by atoms with Crippen LogP contribution in [-0.4, -0.2) is 18.9 Å². The van der Waals surface area contributed by atoms with Crippen LogP contribution >= 0.6 is 11.6 Å². The zero-order chi connectivity index (χ0) is 10.7. The first kappa shape index (κ1) is 10.2. The molecule has 0 aromatic heterocycles. The lowest BCUT2D eigenvalue weighted by atomic mass is 9.62. The number of sulfone groups is 1. The molecular weight excluding hydrogens is 232 g/mol. The molecule has 0 spiro atoms. The molecule has 0 aromatic carbocycles. The summed E-state index contributed by atoms with van der Waals surface area (Å²) in [5.41, 5.74) is -0.158. The van der Waals surface area contributed by atoms with Gasteiger partial charge in [-0.15, -0.1) is 11.6 Å². The topological polar surface area (TPSA) is 34.1 Å². The predicted octanol–water partition coefficient (Wildman–Crippen LogP) is 2.49. The van der Waals surface area contributed by atoms with Gasteiger partial charge in [0.15, 0.2) is 9.84 Å². The van der Waals surface area contributed by atoms with Crippen molar-refractivity contribution < 1.29 is 8.42 Å². The van der Waals surface area contributed by atoms with Crippen molar-refractivity contribution in [3.8, 4) is 0 Å². The second kappa shape index (κ2) is 2.80. The van der Waals surface area contributed by atoms with E-state index in [0.29, 0.717) is 5.75 Å². The Morgan fingerprint density at radius 3 is 2.67 bits per heavy atom. The van der Waals surface area contributed by atoms with Gasteiger partial charge in [-0.1, -0.05) is 18.6 Å². The van der Waals surface area contributed by atoms with E-state index in [1.54, 1.807) is 0 Å². The van der Waals surface area contributed by atoms with Crippen LogP contribution in [0, 0.1) is 10.8 Å². The summed E-state index contributed by atoms with van der Waals surface area (Å²) in [7, 11) is -3.06. The van der Waals surface area contributed by atoms with Crippen molar-refractivity contribution in [3.05, 3.63) is 12.2 Å². The van der Waals surface area contributed by atoms with Gasteiger partial charge < -0.3 is 0 Å². The van der Waals surface area contributed by atoms with E-state index in [1.807, 2.05) is 0 Å². The highest BCUT2D eigenvalue weighted by Gasteiger charge is 2.67. The third-order valence-electron chi connectivity index (χ3n) is 4.72. The van der Waals surface area contributed by atoms with Crippen molar-refractivity contribution in [1.82, 2.24) is 0 Å². The second-order valence-electron chi connectivity index (χ2n) is 5.29. The molecule has 2 fully saturated rings. The van der Waals surface area contributed by atoms with Crippen molar-refractivity contribution in [2.45, 2.75) is 36.8 Å². The first-order valence-electron chi connectivity index (χ1n) is 5.53.